The van der Waals surface area contributed by atoms with Crippen LogP contribution in [-0.2, 0) is 14.3 Å². The molecule has 0 amide bonds. The van der Waals surface area contributed by atoms with Crippen LogP contribution < -0.4 is 11.2 Å². The molecule has 1 aliphatic rings. The lowest BCUT2D eigenvalue weighted by Crippen LogP contribution is -2.26. The van der Waals surface area contributed by atoms with Gasteiger partial charge < -0.3 is 15.2 Å². The average molecular weight is 503 g/mol. The summed E-state index contributed by atoms with van der Waals surface area (Å²) in [6, 6.07) is 5.32. The summed E-state index contributed by atoms with van der Waals surface area (Å²) in [5.74, 6) is 0.232. The summed E-state index contributed by atoms with van der Waals surface area (Å²) in [6.07, 6.45) is 8.63. The van der Waals surface area contributed by atoms with Gasteiger partial charge in [-0.1, -0.05) is 30.6 Å². The molecular formula is C25H34N4O5S. The molecule has 2 heterocycles. The van der Waals surface area contributed by atoms with E-state index in [1.54, 1.807) is 30.6 Å². The van der Waals surface area contributed by atoms with Crippen LogP contribution in [-0.4, -0.2) is 39.0 Å². The van der Waals surface area contributed by atoms with Gasteiger partial charge in [-0.05, 0) is 58.7 Å². The Morgan fingerprint density at radius 2 is 1.97 bits per heavy atom. The van der Waals surface area contributed by atoms with E-state index in [4.69, 9.17) is 20.4 Å². The van der Waals surface area contributed by atoms with E-state index >= 15 is 0 Å². The number of fused-ring (bicyclic) bond motifs is 1. The van der Waals surface area contributed by atoms with Crippen molar-refractivity contribution in [1.82, 2.24) is 9.55 Å². The van der Waals surface area contributed by atoms with Crippen molar-refractivity contribution in [2.24, 2.45) is 5.92 Å². The standard InChI is InChI=1S/C16H18N4O3S.C9H16O2/c1-16(2,3)23-15(21)20-8-11(13-7-18-14(19-22)24-13)10-6-9(17)4-5-12(10)20;1-2-11-9(10)8-6-4-3-5-7-8/h4-8,22H,17H2,1-3H3,(H,18,19);8H,2-7H2,1H3. The quantitative estimate of drug-likeness (QED) is 0.223. The van der Waals surface area contributed by atoms with Crippen LogP contribution in [0.1, 0.15) is 59.8 Å². The van der Waals surface area contributed by atoms with Gasteiger partial charge in [0, 0.05) is 29.0 Å². The minimum Gasteiger partial charge on any atom is -0.466 e. The van der Waals surface area contributed by atoms with Gasteiger partial charge in [-0.3, -0.25) is 14.6 Å². The summed E-state index contributed by atoms with van der Waals surface area (Å²) in [5.41, 5.74) is 9.41. The van der Waals surface area contributed by atoms with Crippen molar-refractivity contribution in [3.63, 3.8) is 0 Å². The molecule has 35 heavy (non-hydrogen) atoms. The maximum absolute atomic E-state index is 12.5. The van der Waals surface area contributed by atoms with Gasteiger partial charge in [-0.25, -0.2) is 15.3 Å². The second-order valence-corrected chi connectivity index (χ2v) is 10.4. The van der Waals surface area contributed by atoms with Crippen molar-refractivity contribution in [2.75, 3.05) is 17.8 Å². The molecule has 0 spiro atoms. The molecule has 0 saturated heterocycles. The molecule has 3 aromatic rings. The number of nitrogens with one attached hydrogen (secondary N) is 1. The summed E-state index contributed by atoms with van der Waals surface area (Å²) >= 11 is 1.27. The molecule has 0 aliphatic heterocycles. The molecule has 4 N–H and O–H groups in total. The van der Waals surface area contributed by atoms with Crippen LogP contribution in [0, 0.1) is 5.92 Å². The first-order chi connectivity index (χ1) is 16.6. The Hall–Kier alpha value is -3.11. The number of hydrogen-bond donors (Lipinski definition) is 3. The minimum absolute atomic E-state index is 0.0206. The molecule has 4 rings (SSSR count). The van der Waals surface area contributed by atoms with E-state index < -0.39 is 11.7 Å². The lowest BCUT2D eigenvalue weighted by atomic mass is 9.89. The Morgan fingerprint density at radius 1 is 1.26 bits per heavy atom. The number of esters is 1. The highest BCUT2D eigenvalue weighted by Gasteiger charge is 2.23. The van der Waals surface area contributed by atoms with E-state index in [1.807, 2.05) is 33.2 Å². The second-order valence-electron chi connectivity index (χ2n) is 9.40. The van der Waals surface area contributed by atoms with Gasteiger partial charge in [-0.2, -0.15) is 0 Å². The van der Waals surface area contributed by atoms with Crippen LogP contribution in [0.15, 0.2) is 30.6 Å². The van der Waals surface area contributed by atoms with Gasteiger partial charge in [0.25, 0.3) is 0 Å². The van der Waals surface area contributed by atoms with Crippen molar-refractivity contribution in [1.29, 1.82) is 0 Å². The number of carbonyl (C=O) groups excluding carboxylic acids is 2. The first kappa shape index (κ1) is 26.5. The van der Waals surface area contributed by atoms with E-state index in [9.17, 15) is 9.59 Å². The SMILES string of the molecule is CC(C)(C)OC(=O)n1cc(-c2cnc(NO)s2)c2cc(N)ccc21.CCOC(=O)C1CCCCC1. The van der Waals surface area contributed by atoms with E-state index in [0.29, 0.717) is 22.9 Å². The fourth-order valence-corrected chi connectivity index (χ4v) is 4.69. The number of ether oxygens (including phenoxy) is 2. The number of rotatable bonds is 4. The molecule has 190 valence electrons. The summed E-state index contributed by atoms with van der Waals surface area (Å²) in [7, 11) is 0. The zero-order valence-corrected chi connectivity index (χ0v) is 21.5. The average Bonchev–Trinajstić information content (AvgIpc) is 3.43. The molecule has 1 aromatic carbocycles. The number of benzene rings is 1. The summed E-state index contributed by atoms with van der Waals surface area (Å²) in [5, 5.41) is 10.2. The second kappa shape index (κ2) is 11.5. The Morgan fingerprint density at radius 3 is 2.57 bits per heavy atom. The van der Waals surface area contributed by atoms with E-state index in [1.165, 1.54) is 35.2 Å². The Labute approximate surface area is 209 Å². The van der Waals surface area contributed by atoms with E-state index in [0.717, 1.165) is 28.7 Å². The molecule has 10 heteroatoms. The molecule has 1 saturated carbocycles. The van der Waals surface area contributed by atoms with Gasteiger partial charge in [-0.15, -0.1) is 0 Å². The van der Waals surface area contributed by atoms with Crippen molar-refractivity contribution in [2.45, 2.75) is 65.4 Å². The van der Waals surface area contributed by atoms with E-state index in [2.05, 4.69) is 4.98 Å². The topological polar surface area (TPSA) is 129 Å². The van der Waals surface area contributed by atoms with Crippen LogP contribution in [0.3, 0.4) is 0 Å². The van der Waals surface area contributed by atoms with Crippen LogP contribution in [0.4, 0.5) is 15.6 Å². The number of nitrogens with two attached hydrogens (primary N) is 1. The minimum atomic E-state index is -0.597. The lowest BCUT2D eigenvalue weighted by Gasteiger charge is -2.19. The van der Waals surface area contributed by atoms with Crippen molar-refractivity contribution in [3.8, 4) is 10.4 Å². The van der Waals surface area contributed by atoms with Gasteiger partial charge >= 0.3 is 12.1 Å². The molecule has 0 unspecified atom stereocenters. The molecule has 2 aromatic heterocycles. The predicted molar refractivity (Wildman–Crippen MR) is 138 cm³/mol. The third kappa shape index (κ3) is 6.95. The Balaban J connectivity index is 0.000000261. The van der Waals surface area contributed by atoms with Crippen LogP contribution in [0.25, 0.3) is 21.3 Å². The molecular weight excluding hydrogens is 468 g/mol. The summed E-state index contributed by atoms with van der Waals surface area (Å²) in [4.78, 5) is 28.5. The largest absolute Gasteiger partial charge is 0.466 e. The highest BCUT2D eigenvalue weighted by Crippen LogP contribution is 2.36. The normalized spacial score (nSPS) is 14.2. The van der Waals surface area contributed by atoms with Crippen molar-refractivity contribution < 1.29 is 24.3 Å². The smallest absolute Gasteiger partial charge is 0.419 e. The zero-order chi connectivity index (χ0) is 25.6. The Kier molecular flexibility index (Phi) is 8.74. The highest BCUT2D eigenvalue weighted by molar-refractivity contribution is 7.18. The number of nitrogens with zero attached hydrogens (tertiary/aromatic N) is 2. The first-order valence-corrected chi connectivity index (χ1v) is 12.6. The number of hydrogen-bond acceptors (Lipinski definition) is 9. The van der Waals surface area contributed by atoms with Crippen molar-refractivity contribution in [3.05, 3.63) is 30.6 Å². The molecule has 1 aliphatic carbocycles. The van der Waals surface area contributed by atoms with Crippen LogP contribution in [0.2, 0.25) is 0 Å². The third-order valence-corrected chi connectivity index (χ3v) is 6.45. The summed E-state index contributed by atoms with van der Waals surface area (Å²) in [6.45, 7) is 7.84. The maximum atomic E-state index is 12.5. The van der Waals surface area contributed by atoms with Gasteiger partial charge in [0.15, 0.2) is 0 Å². The lowest BCUT2D eigenvalue weighted by molar-refractivity contribution is -0.149. The molecule has 9 nitrogen and oxygen atoms in total. The van der Waals surface area contributed by atoms with Gasteiger partial charge in [0.05, 0.1) is 22.9 Å². The number of nitrogen functional groups attached to an aromatic ring is 1. The highest BCUT2D eigenvalue weighted by atomic mass is 32.1. The predicted octanol–water partition coefficient (Wildman–Crippen LogP) is 6.06. The van der Waals surface area contributed by atoms with E-state index in [-0.39, 0.29) is 11.9 Å². The zero-order valence-electron chi connectivity index (χ0n) is 20.7. The monoisotopic (exact) mass is 502 g/mol. The van der Waals surface area contributed by atoms with Gasteiger partial charge in [0.2, 0.25) is 5.13 Å². The fourth-order valence-electron chi connectivity index (χ4n) is 3.95. The van der Waals surface area contributed by atoms with Crippen LogP contribution in [0.5, 0.6) is 0 Å². The number of thiazole rings is 1. The number of anilines is 2. The Bertz CT molecular complexity index is 1160. The molecule has 0 radical (unpaired) electrons. The third-order valence-electron chi connectivity index (χ3n) is 5.51. The maximum Gasteiger partial charge on any atom is 0.419 e. The summed E-state index contributed by atoms with van der Waals surface area (Å²) < 4.78 is 11.9. The van der Waals surface area contributed by atoms with Crippen LogP contribution >= 0.6 is 11.3 Å². The number of carbonyl (C=O) groups is 2. The molecule has 0 atom stereocenters. The van der Waals surface area contributed by atoms with Gasteiger partial charge in [0.1, 0.15) is 5.60 Å². The molecule has 0 bridgehead atoms. The number of aromatic nitrogens is 2. The molecule has 1 fully saturated rings. The first-order valence-electron chi connectivity index (χ1n) is 11.8. The fraction of sp³-hybridized carbons (Fsp3) is 0.480. The van der Waals surface area contributed by atoms with Crippen molar-refractivity contribution >= 4 is 45.1 Å².